The van der Waals surface area contributed by atoms with E-state index in [-0.39, 0.29) is 11.7 Å². The first kappa shape index (κ1) is 33.5. The summed E-state index contributed by atoms with van der Waals surface area (Å²) in [4.78, 5) is 42.4. The van der Waals surface area contributed by atoms with E-state index in [2.05, 4.69) is 30.2 Å². The first-order valence-corrected chi connectivity index (χ1v) is 14.8. The minimum Gasteiger partial charge on any atom is -0.444 e. The van der Waals surface area contributed by atoms with E-state index in [9.17, 15) is 14.4 Å². The highest BCUT2D eigenvalue weighted by Crippen LogP contribution is 2.31. The van der Waals surface area contributed by atoms with E-state index < -0.39 is 29.7 Å². The molecule has 0 aliphatic carbocycles. The maximum absolute atomic E-state index is 14.1. The van der Waals surface area contributed by atoms with Crippen LogP contribution in [0.2, 0.25) is 5.02 Å². The Morgan fingerprint density at radius 3 is 2.30 bits per heavy atom. The van der Waals surface area contributed by atoms with Gasteiger partial charge in [-0.15, -0.1) is 0 Å². The minimum atomic E-state index is -0.993. The summed E-state index contributed by atoms with van der Waals surface area (Å²) < 4.78 is 5.39. The number of para-hydroxylation sites is 1. The second-order valence-corrected chi connectivity index (χ2v) is 11.9. The highest BCUT2D eigenvalue weighted by molar-refractivity contribution is 7.80. The molecule has 220 valence electrons. The van der Waals surface area contributed by atoms with Crippen molar-refractivity contribution in [2.75, 3.05) is 17.6 Å². The molecular weight excluding hydrogens is 546 g/mol. The molecular formula is C31H44ClN3O4S. The fourth-order valence-electron chi connectivity index (χ4n) is 4.48. The van der Waals surface area contributed by atoms with Crippen molar-refractivity contribution in [1.82, 2.24) is 10.2 Å². The van der Waals surface area contributed by atoms with Gasteiger partial charge in [0.1, 0.15) is 17.7 Å². The number of carbonyl (C=O) groups excluding carboxylic acids is 3. The molecule has 2 unspecified atom stereocenters. The van der Waals surface area contributed by atoms with E-state index in [4.69, 9.17) is 16.3 Å². The van der Waals surface area contributed by atoms with E-state index in [1.807, 2.05) is 51.1 Å². The minimum absolute atomic E-state index is 0.0361. The Bertz CT molecular complexity index is 1160. The van der Waals surface area contributed by atoms with Gasteiger partial charge in [-0.1, -0.05) is 73.7 Å². The molecule has 2 aromatic carbocycles. The van der Waals surface area contributed by atoms with Crippen LogP contribution in [0.15, 0.2) is 36.4 Å². The maximum atomic E-state index is 14.1. The number of nitrogens with zero attached hydrogens (tertiary/aromatic N) is 1. The van der Waals surface area contributed by atoms with Crippen molar-refractivity contribution in [2.24, 2.45) is 0 Å². The Morgan fingerprint density at radius 1 is 1.02 bits per heavy atom. The molecule has 0 aliphatic heterocycles. The molecule has 2 aromatic rings. The van der Waals surface area contributed by atoms with Crippen LogP contribution >= 0.6 is 24.2 Å². The number of nitrogens with one attached hydrogen (secondary N) is 2. The van der Waals surface area contributed by atoms with Gasteiger partial charge in [0.2, 0.25) is 5.91 Å². The Morgan fingerprint density at radius 2 is 1.73 bits per heavy atom. The Kier molecular flexibility index (Phi) is 12.8. The first-order chi connectivity index (χ1) is 18.8. The molecule has 0 saturated heterocycles. The molecule has 0 saturated carbocycles. The van der Waals surface area contributed by atoms with Crippen molar-refractivity contribution < 1.29 is 19.1 Å². The Labute approximate surface area is 249 Å². The van der Waals surface area contributed by atoms with E-state index in [1.54, 1.807) is 31.7 Å². The molecule has 7 nitrogen and oxygen atoms in total. The topological polar surface area (TPSA) is 87.7 Å². The summed E-state index contributed by atoms with van der Waals surface area (Å²) in [6.07, 6.45) is 2.92. The van der Waals surface area contributed by atoms with Gasteiger partial charge in [0, 0.05) is 12.3 Å². The second-order valence-electron chi connectivity index (χ2n) is 11.2. The number of hydrogen-bond donors (Lipinski definition) is 3. The van der Waals surface area contributed by atoms with Crippen LogP contribution in [0.4, 0.5) is 10.5 Å². The summed E-state index contributed by atoms with van der Waals surface area (Å²) in [6, 6.07) is 9.24. The average Bonchev–Trinajstić information content (AvgIpc) is 2.86. The van der Waals surface area contributed by atoms with Gasteiger partial charge >= 0.3 is 6.09 Å². The normalized spacial score (nSPS) is 12.8. The molecule has 2 atom stereocenters. The van der Waals surface area contributed by atoms with Crippen LogP contribution in [0.1, 0.15) is 81.7 Å². The van der Waals surface area contributed by atoms with E-state index >= 15 is 0 Å². The summed E-state index contributed by atoms with van der Waals surface area (Å²) in [6.45, 7) is 13.5. The molecule has 0 heterocycles. The summed E-state index contributed by atoms with van der Waals surface area (Å²) in [7, 11) is 0. The van der Waals surface area contributed by atoms with Crippen LogP contribution < -0.4 is 10.6 Å². The number of benzene rings is 2. The lowest BCUT2D eigenvalue weighted by Gasteiger charge is -2.35. The van der Waals surface area contributed by atoms with Crippen molar-refractivity contribution in [1.29, 1.82) is 0 Å². The lowest BCUT2D eigenvalue weighted by atomic mass is 9.96. The number of anilines is 1. The lowest BCUT2D eigenvalue weighted by molar-refractivity contribution is -0.140. The standard InChI is InChI=1S/C31H44ClN3O4S/c1-8-9-10-11-17-35(29(37)25(19-40)33-30(38)39-31(5,6)7)27(23-16-15-20(2)18-22(23)4)28(36)34-26-21(3)13-12-14-24(26)32/h12-16,18,25,27,40H,8-11,17,19H2,1-7H3,(H,33,38)(H,34,36). The molecule has 0 spiro atoms. The fraction of sp³-hybridized carbons (Fsp3) is 0.516. The Balaban J connectivity index is 2.57. The number of halogens is 1. The number of carbonyl (C=O) groups is 3. The summed E-state index contributed by atoms with van der Waals surface area (Å²) in [5.41, 5.74) is 3.20. The molecule has 2 N–H and O–H groups in total. The largest absolute Gasteiger partial charge is 0.444 e. The monoisotopic (exact) mass is 589 g/mol. The van der Waals surface area contributed by atoms with Crippen molar-refractivity contribution in [3.63, 3.8) is 0 Å². The van der Waals surface area contributed by atoms with Crippen LogP contribution in [0.3, 0.4) is 0 Å². The highest BCUT2D eigenvalue weighted by Gasteiger charge is 2.36. The number of ether oxygens (including phenoxy) is 1. The van der Waals surface area contributed by atoms with Crippen LogP contribution in [-0.2, 0) is 14.3 Å². The molecule has 3 amide bonds. The predicted molar refractivity (Wildman–Crippen MR) is 166 cm³/mol. The number of amides is 3. The third-order valence-electron chi connectivity index (χ3n) is 6.46. The smallest absolute Gasteiger partial charge is 0.408 e. The Hall–Kier alpha value is -2.71. The molecule has 0 bridgehead atoms. The zero-order valence-corrected chi connectivity index (χ0v) is 26.4. The van der Waals surface area contributed by atoms with Crippen molar-refractivity contribution in [3.05, 3.63) is 63.7 Å². The van der Waals surface area contributed by atoms with Crippen LogP contribution in [0.25, 0.3) is 0 Å². The number of aryl methyl sites for hydroxylation is 3. The average molecular weight is 590 g/mol. The fourth-order valence-corrected chi connectivity index (χ4v) is 4.99. The first-order valence-electron chi connectivity index (χ1n) is 13.8. The van der Waals surface area contributed by atoms with Gasteiger partial charge in [-0.2, -0.15) is 12.6 Å². The number of alkyl carbamates (subject to hydrolysis) is 1. The van der Waals surface area contributed by atoms with Gasteiger partial charge in [-0.05, 0) is 70.7 Å². The molecule has 9 heteroatoms. The number of unbranched alkanes of at least 4 members (excludes halogenated alkanes) is 3. The molecule has 0 radical (unpaired) electrons. The van der Waals surface area contributed by atoms with Crippen molar-refractivity contribution in [3.8, 4) is 0 Å². The van der Waals surface area contributed by atoms with Gasteiger partial charge in [-0.25, -0.2) is 4.79 Å². The lowest BCUT2D eigenvalue weighted by Crippen LogP contribution is -2.53. The number of hydrogen-bond acceptors (Lipinski definition) is 5. The van der Waals surface area contributed by atoms with Gasteiger partial charge in [-0.3, -0.25) is 9.59 Å². The summed E-state index contributed by atoms with van der Waals surface area (Å²) >= 11 is 10.8. The third kappa shape index (κ3) is 9.73. The van der Waals surface area contributed by atoms with E-state index in [1.165, 1.54) is 0 Å². The number of thiol groups is 1. The van der Waals surface area contributed by atoms with Gasteiger partial charge in [0.15, 0.2) is 0 Å². The predicted octanol–water partition coefficient (Wildman–Crippen LogP) is 7.18. The van der Waals surface area contributed by atoms with Crippen molar-refractivity contribution >= 4 is 47.8 Å². The van der Waals surface area contributed by atoms with E-state index in [0.717, 1.165) is 36.0 Å². The maximum Gasteiger partial charge on any atom is 0.408 e. The molecule has 40 heavy (non-hydrogen) atoms. The quantitative estimate of drug-likeness (QED) is 0.181. The zero-order valence-electron chi connectivity index (χ0n) is 24.8. The van der Waals surface area contributed by atoms with Crippen LogP contribution in [0, 0.1) is 20.8 Å². The third-order valence-corrected chi connectivity index (χ3v) is 7.14. The van der Waals surface area contributed by atoms with Gasteiger partial charge in [0.25, 0.3) is 5.91 Å². The zero-order chi connectivity index (χ0) is 30.0. The molecule has 0 aromatic heterocycles. The number of rotatable bonds is 12. The molecule has 0 aliphatic rings. The summed E-state index contributed by atoms with van der Waals surface area (Å²) in [5.74, 6) is -0.760. The van der Waals surface area contributed by atoms with Gasteiger partial charge in [0.05, 0.1) is 10.7 Å². The summed E-state index contributed by atoms with van der Waals surface area (Å²) in [5, 5.41) is 6.06. The van der Waals surface area contributed by atoms with Crippen molar-refractivity contribution in [2.45, 2.75) is 91.8 Å². The van der Waals surface area contributed by atoms with Gasteiger partial charge < -0.3 is 20.3 Å². The van der Waals surface area contributed by atoms with E-state index in [0.29, 0.717) is 29.2 Å². The second kappa shape index (κ2) is 15.3. The SMILES string of the molecule is CCCCCCN(C(=O)C(CS)NC(=O)OC(C)(C)C)C(C(=O)Nc1c(C)cccc1Cl)c1ccc(C)cc1C. The molecule has 0 fully saturated rings. The molecule has 2 rings (SSSR count). The van der Waals surface area contributed by atoms with Crippen LogP contribution in [0.5, 0.6) is 0 Å². The van der Waals surface area contributed by atoms with Crippen LogP contribution in [-0.4, -0.2) is 46.7 Å². The highest BCUT2D eigenvalue weighted by atomic mass is 35.5.